The smallest absolute Gasteiger partial charge is 0.188 e. The van der Waals surface area contributed by atoms with Gasteiger partial charge in [-0.25, -0.2) is 8.42 Å². The molecule has 1 unspecified atom stereocenters. The molecule has 1 atom stereocenters. The van der Waals surface area contributed by atoms with Crippen molar-refractivity contribution in [3.8, 4) is 6.07 Å². The lowest BCUT2D eigenvalue weighted by Gasteiger charge is -2.14. The number of hydrogen-bond donors (Lipinski definition) is 0. The third kappa shape index (κ3) is 3.06. The lowest BCUT2D eigenvalue weighted by molar-refractivity contribution is -0.124. The van der Waals surface area contributed by atoms with Crippen molar-refractivity contribution in [3.05, 3.63) is 28.8 Å². The zero-order valence-electron chi connectivity index (χ0n) is 12.1. The first-order valence-corrected chi connectivity index (χ1v) is 8.85. The van der Waals surface area contributed by atoms with Crippen LogP contribution in [0.4, 0.5) is 0 Å². The number of nitriles is 1. The molecule has 0 bridgehead atoms. The van der Waals surface area contributed by atoms with E-state index in [0.29, 0.717) is 12.8 Å². The third-order valence-corrected chi connectivity index (χ3v) is 5.23. The number of benzene rings is 1. The fraction of sp³-hybridized carbons (Fsp3) is 0.400. The van der Waals surface area contributed by atoms with Gasteiger partial charge in [-0.3, -0.25) is 9.59 Å². The van der Waals surface area contributed by atoms with Gasteiger partial charge >= 0.3 is 0 Å². The maximum Gasteiger partial charge on any atom is 0.188 e. The van der Waals surface area contributed by atoms with Gasteiger partial charge in [0.1, 0.15) is 0 Å². The summed E-state index contributed by atoms with van der Waals surface area (Å²) < 4.78 is 23.6. The summed E-state index contributed by atoms with van der Waals surface area (Å²) in [5.74, 6) is -2.73. The molecule has 0 radical (unpaired) electrons. The van der Waals surface area contributed by atoms with Gasteiger partial charge in [0.2, 0.25) is 0 Å². The maximum absolute atomic E-state index is 12.5. The third-order valence-electron chi connectivity index (χ3n) is 3.86. The second-order valence-electron chi connectivity index (χ2n) is 5.76. The van der Waals surface area contributed by atoms with Crippen LogP contribution in [0.2, 0.25) is 5.02 Å². The van der Waals surface area contributed by atoms with Gasteiger partial charge in [0.25, 0.3) is 0 Å². The molecule has 1 aliphatic rings. The van der Waals surface area contributed by atoms with Gasteiger partial charge in [-0.05, 0) is 31.0 Å². The second kappa shape index (κ2) is 5.49. The average molecular weight is 340 g/mol. The van der Waals surface area contributed by atoms with Gasteiger partial charge in [0, 0.05) is 22.3 Å². The van der Waals surface area contributed by atoms with E-state index in [0.717, 1.165) is 12.3 Å². The zero-order chi connectivity index (χ0) is 16.7. The number of halogens is 1. The quantitative estimate of drug-likeness (QED) is 0.606. The monoisotopic (exact) mass is 339 g/mol. The van der Waals surface area contributed by atoms with Gasteiger partial charge in [0.05, 0.1) is 11.0 Å². The Hall–Kier alpha value is -1.71. The molecule has 0 aromatic heterocycles. The number of sulfone groups is 1. The molecule has 0 N–H and O–H groups in total. The molecule has 2 rings (SSSR count). The van der Waals surface area contributed by atoms with Gasteiger partial charge in [-0.1, -0.05) is 18.5 Å². The van der Waals surface area contributed by atoms with Crippen molar-refractivity contribution in [2.45, 2.75) is 24.7 Å². The number of rotatable bonds is 5. The average Bonchev–Trinajstić information content (AvgIpc) is 3.17. The van der Waals surface area contributed by atoms with Crippen LogP contribution in [0.15, 0.2) is 23.1 Å². The summed E-state index contributed by atoms with van der Waals surface area (Å²) in [4.78, 5) is 24.5. The van der Waals surface area contributed by atoms with Crippen LogP contribution in [0.3, 0.4) is 0 Å². The van der Waals surface area contributed by atoms with Crippen LogP contribution in [-0.4, -0.2) is 26.2 Å². The summed E-state index contributed by atoms with van der Waals surface area (Å²) in [5, 5.41) is 9.36. The largest absolute Gasteiger partial charge is 0.297 e. The minimum Gasteiger partial charge on any atom is -0.297 e. The minimum atomic E-state index is -3.71. The predicted molar refractivity (Wildman–Crippen MR) is 80.3 cm³/mol. The number of carbonyl (C=O) groups excluding carboxylic acids is 2. The molecular weight excluding hydrogens is 326 g/mol. The van der Waals surface area contributed by atoms with Crippen LogP contribution < -0.4 is 0 Å². The Balaban J connectivity index is 2.49. The fourth-order valence-corrected chi connectivity index (χ4v) is 3.33. The molecule has 7 heteroatoms. The molecule has 116 valence electrons. The normalized spacial score (nSPS) is 17.4. The highest BCUT2D eigenvalue weighted by molar-refractivity contribution is 7.90. The van der Waals surface area contributed by atoms with E-state index < -0.39 is 32.7 Å². The lowest BCUT2D eigenvalue weighted by Crippen LogP contribution is -2.29. The van der Waals surface area contributed by atoms with Crippen LogP contribution in [-0.2, 0) is 14.6 Å². The maximum atomic E-state index is 12.5. The summed E-state index contributed by atoms with van der Waals surface area (Å²) in [6.07, 6.45) is 2.22. The van der Waals surface area contributed by atoms with Crippen LogP contribution in [0, 0.1) is 22.7 Å². The number of nitrogens with zero attached hydrogens (tertiary/aromatic N) is 1. The Labute approximate surface area is 133 Å². The molecule has 1 aromatic carbocycles. The van der Waals surface area contributed by atoms with Crippen molar-refractivity contribution in [2.75, 3.05) is 6.26 Å². The van der Waals surface area contributed by atoms with Gasteiger partial charge in [-0.2, -0.15) is 5.26 Å². The van der Waals surface area contributed by atoms with E-state index in [1.807, 2.05) is 0 Å². The molecule has 0 aliphatic heterocycles. The SMILES string of the molecule is CC1(C(=O)C(C#N)C(=O)c2ccc(Cl)cc2S(C)(=O)=O)CC1. The number of ketones is 2. The summed E-state index contributed by atoms with van der Waals surface area (Å²) in [7, 11) is -3.71. The Morgan fingerprint density at radius 1 is 1.36 bits per heavy atom. The van der Waals surface area contributed by atoms with E-state index in [-0.39, 0.29) is 15.5 Å². The van der Waals surface area contributed by atoms with Crippen molar-refractivity contribution in [1.29, 1.82) is 5.26 Å². The highest BCUT2D eigenvalue weighted by Crippen LogP contribution is 2.47. The molecule has 22 heavy (non-hydrogen) atoms. The van der Waals surface area contributed by atoms with E-state index in [1.165, 1.54) is 12.1 Å². The molecule has 1 saturated carbocycles. The van der Waals surface area contributed by atoms with Gasteiger partial charge in [0.15, 0.2) is 27.3 Å². The molecule has 0 heterocycles. The summed E-state index contributed by atoms with van der Waals surface area (Å²) in [6, 6.07) is 5.47. The standard InChI is InChI=1S/C15H14ClNO4S/c1-15(5-6-15)14(19)11(8-17)13(18)10-4-3-9(16)7-12(10)22(2,20)21/h3-4,7,11H,5-6H2,1-2H3. The second-order valence-corrected chi connectivity index (χ2v) is 8.18. The Bertz CT molecular complexity index is 803. The Morgan fingerprint density at radius 2 is 1.95 bits per heavy atom. The molecule has 1 aliphatic carbocycles. The van der Waals surface area contributed by atoms with Crippen molar-refractivity contribution in [3.63, 3.8) is 0 Å². The van der Waals surface area contributed by atoms with Crippen molar-refractivity contribution in [2.24, 2.45) is 11.3 Å². The molecular formula is C15H14ClNO4S. The predicted octanol–water partition coefficient (Wildman–Crippen LogP) is 2.44. The van der Waals surface area contributed by atoms with E-state index in [2.05, 4.69) is 0 Å². The van der Waals surface area contributed by atoms with E-state index >= 15 is 0 Å². The van der Waals surface area contributed by atoms with Gasteiger partial charge < -0.3 is 0 Å². The van der Waals surface area contributed by atoms with Crippen LogP contribution in [0.25, 0.3) is 0 Å². The highest BCUT2D eigenvalue weighted by Gasteiger charge is 2.49. The van der Waals surface area contributed by atoms with Crippen molar-refractivity contribution >= 4 is 33.0 Å². The van der Waals surface area contributed by atoms with Crippen LogP contribution in [0.1, 0.15) is 30.1 Å². The zero-order valence-corrected chi connectivity index (χ0v) is 13.7. The molecule has 0 amide bonds. The molecule has 5 nitrogen and oxygen atoms in total. The van der Waals surface area contributed by atoms with Gasteiger partial charge in [-0.15, -0.1) is 0 Å². The molecule has 0 spiro atoms. The van der Waals surface area contributed by atoms with Crippen molar-refractivity contribution < 1.29 is 18.0 Å². The van der Waals surface area contributed by atoms with Crippen LogP contribution >= 0.6 is 11.6 Å². The minimum absolute atomic E-state index is 0.158. The molecule has 0 saturated heterocycles. The topological polar surface area (TPSA) is 92.1 Å². The van der Waals surface area contributed by atoms with E-state index in [1.54, 1.807) is 13.0 Å². The molecule has 1 aromatic rings. The van der Waals surface area contributed by atoms with E-state index in [4.69, 9.17) is 11.6 Å². The fourth-order valence-electron chi connectivity index (χ4n) is 2.18. The first kappa shape index (κ1) is 16.7. The molecule has 1 fully saturated rings. The highest BCUT2D eigenvalue weighted by atomic mass is 35.5. The number of Topliss-reactive ketones (excluding diaryl/α,β-unsaturated/α-hetero) is 2. The Morgan fingerprint density at radius 3 is 2.41 bits per heavy atom. The van der Waals surface area contributed by atoms with E-state index in [9.17, 15) is 23.3 Å². The summed E-state index contributed by atoms with van der Waals surface area (Å²) >= 11 is 5.78. The summed E-state index contributed by atoms with van der Waals surface area (Å²) in [6.45, 7) is 1.70. The Kier molecular flexibility index (Phi) is 4.16. The summed E-state index contributed by atoms with van der Waals surface area (Å²) in [5.41, 5.74) is -0.815. The van der Waals surface area contributed by atoms with Crippen molar-refractivity contribution in [1.82, 2.24) is 0 Å². The number of carbonyl (C=O) groups is 2. The first-order chi connectivity index (χ1) is 10.1. The van der Waals surface area contributed by atoms with Crippen LogP contribution in [0.5, 0.6) is 0 Å². The number of hydrogen-bond acceptors (Lipinski definition) is 5. The lowest BCUT2D eigenvalue weighted by atomic mass is 9.87. The first-order valence-electron chi connectivity index (χ1n) is 6.58.